The summed E-state index contributed by atoms with van der Waals surface area (Å²) < 4.78 is 5.06. The van der Waals surface area contributed by atoms with Gasteiger partial charge in [0.2, 0.25) is 0 Å². The number of hydrogen-bond acceptors (Lipinski definition) is 5. The minimum Gasteiger partial charge on any atom is -0.479 e. The van der Waals surface area contributed by atoms with Gasteiger partial charge in [-0.2, -0.15) is 0 Å². The van der Waals surface area contributed by atoms with Crippen molar-refractivity contribution in [2.75, 3.05) is 18.5 Å². The molecule has 8 heteroatoms. The lowest BCUT2D eigenvalue weighted by Gasteiger charge is -2.19. The summed E-state index contributed by atoms with van der Waals surface area (Å²) in [5.41, 5.74) is -0.0997. The molecule has 0 spiro atoms. The third-order valence-electron chi connectivity index (χ3n) is 3.92. The first kappa shape index (κ1) is 20.9. The molecule has 0 aromatic heterocycles. The Balaban J connectivity index is 2.24. The van der Waals surface area contributed by atoms with Gasteiger partial charge in [-0.25, -0.2) is 14.4 Å². The van der Waals surface area contributed by atoms with Crippen molar-refractivity contribution in [2.24, 2.45) is 0 Å². The van der Waals surface area contributed by atoms with E-state index in [2.05, 4.69) is 10.6 Å². The molecule has 4 N–H and O–H groups in total. The maximum absolute atomic E-state index is 12.3. The van der Waals surface area contributed by atoms with Crippen LogP contribution in [0.3, 0.4) is 0 Å². The second kappa shape index (κ2) is 9.01. The third kappa shape index (κ3) is 5.31. The van der Waals surface area contributed by atoms with Gasteiger partial charge in [0.1, 0.15) is 0 Å². The molecule has 2 rings (SSSR count). The maximum atomic E-state index is 12.3. The molecule has 0 saturated heterocycles. The zero-order valence-corrected chi connectivity index (χ0v) is 15.6. The van der Waals surface area contributed by atoms with Crippen molar-refractivity contribution < 1.29 is 29.3 Å². The molecule has 0 heterocycles. The predicted octanol–water partition coefficient (Wildman–Crippen LogP) is 2.49. The Kier molecular flexibility index (Phi) is 6.73. The SMILES string of the molecule is CCOC(=O)c1cc(-c2ccccc2)ccc1NC(=O)NCC(C)(O)C(=O)O. The van der Waals surface area contributed by atoms with Crippen molar-refractivity contribution in [1.29, 1.82) is 0 Å². The van der Waals surface area contributed by atoms with Crippen molar-refractivity contribution in [3.05, 3.63) is 54.1 Å². The smallest absolute Gasteiger partial charge is 0.340 e. The van der Waals surface area contributed by atoms with Gasteiger partial charge in [0.05, 0.1) is 24.4 Å². The van der Waals surface area contributed by atoms with E-state index < -0.39 is 30.1 Å². The first-order valence-corrected chi connectivity index (χ1v) is 8.62. The number of nitrogens with one attached hydrogen (secondary N) is 2. The van der Waals surface area contributed by atoms with Crippen LogP contribution in [-0.2, 0) is 9.53 Å². The number of hydrogen-bond donors (Lipinski definition) is 4. The average molecular weight is 386 g/mol. The van der Waals surface area contributed by atoms with Crippen LogP contribution in [0.25, 0.3) is 11.1 Å². The predicted molar refractivity (Wildman–Crippen MR) is 103 cm³/mol. The molecule has 0 fully saturated rings. The van der Waals surface area contributed by atoms with Gasteiger partial charge >= 0.3 is 18.0 Å². The van der Waals surface area contributed by atoms with E-state index in [0.29, 0.717) is 0 Å². The molecule has 0 saturated carbocycles. The fourth-order valence-electron chi connectivity index (χ4n) is 2.34. The quantitative estimate of drug-likeness (QED) is 0.542. The zero-order chi connectivity index (χ0) is 20.7. The van der Waals surface area contributed by atoms with Gasteiger partial charge in [0, 0.05) is 0 Å². The Morgan fingerprint density at radius 3 is 2.36 bits per heavy atom. The molecule has 0 bridgehead atoms. The van der Waals surface area contributed by atoms with Crippen molar-refractivity contribution >= 4 is 23.7 Å². The van der Waals surface area contributed by atoms with Gasteiger partial charge < -0.3 is 25.6 Å². The highest BCUT2D eigenvalue weighted by atomic mass is 16.5. The maximum Gasteiger partial charge on any atom is 0.340 e. The van der Waals surface area contributed by atoms with E-state index in [4.69, 9.17) is 9.84 Å². The van der Waals surface area contributed by atoms with E-state index in [0.717, 1.165) is 18.1 Å². The number of aliphatic carboxylic acids is 1. The number of carbonyl (C=O) groups is 3. The largest absolute Gasteiger partial charge is 0.479 e. The Morgan fingerprint density at radius 2 is 1.75 bits per heavy atom. The van der Waals surface area contributed by atoms with Crippen LogP contribution in [0.1, 0.15) is 24.2 Å². The average Bonchev–Trinajstić information content (AvgIpc) is 2.67. The molecular weight excluding hydrogens is 364 g/mol. The van der Waals surface area contributed by atoms with Gasteiger partial charge in [0.15, 0.2) is 5.60 Å². The fraction of sp³-hybridized carbons (Fsp3) is 0.250. The van der Waals surface area contributed by atoms with Crippen LogP contribution in [0.2, 0.25) is 0 Å². The van der Waals surface area contributed by atoms with Gasteiger partial charge in [-0.05, 0) is 37.1 Å². The summed E-state index contributed by atoms with van der Waals surface area (Å²) in [4.78, 5) is 35.3. The van der Waals surface area contributed by atoms with Crippen molar-refractivity contribution in [3.8, 4) is 11.1 Å². The van der Waals surface area contributed by atoms with Crippen LogP contribution in [0.15, 0.2) is 48.5 Å². The highest BCUT2D eigenvalue weighted by Crippen LogP contribution is 2.26. The summed E-state index contributed by atoms with van der Waals surface area (Å²) in [5.74, 6) is -2.07. The summed E-state index contributed by atoms with van der Waals surface area (Å²) in [6, 6.07) is 13.5. The van der Waals surface area contributed by atoms with Crippen LogP contribution in [0.5, 0.6) is 0 Å². The molecule has 28 heavy (non-hydrogen) atoms. The standard InChI is InChI=1S/C20H22N2O6/c1-3-28-17(23)15-11-14(13-7-5-4-6-8-13)9-10-16(15)22-19(26)21-12-20(2,27)18(24)25/h4-11,27H,3,12H2,1-2H3,(H,24,25)(H2,21,22,26). The molecule has 2 amide bonds. The monoisotopic (exact) mass is 386 g/mol. The molecule has 2 aromatic rings. The molecule has 0 aliphatic carbocycles. The van der Waals surface area contributed by atoms with Gasteiger partial charge in [-0.1, -0.05) is 36.4 Å². The normalized spacial score (nSPS) is 12.5. The molecular formula is C20H22N2O6. The van der Waals surface area contributed by atoms with Crippen molar-refractivity contribution in [2.45, 2.75) is 19.4 Å². The summed E-state index contributed by atoms with van der Waals surface area (Å²) in [5, 5.41) is 23.3. The number of anilines is 1. The molecule has 0 aliphatic heterocycles. The second-order valence-electron chi connectivity index (χ2n) is 6.23. The summed E-state index contributed by atoms with van der Waals surface area (Å²) in [6.07, 6.45) is 0. The molecule has 2 aromatic carbocycles. The molecule has 148 valence electrons. The second-order valence-corrected chi connectivity index (χ2v) is 6.23. The van der Waals surface area contributed by atoms with Crippen LogP contribution in [-0.4, -0.2) is 46.9 Å². The molecule has 0 aliphatic rings. The van der Waals surface area contributed by atoms with Crippen LogP contribution in [0, 0.1) is 0 Å². The highest BCUT2D eigenvalue weighted by molar-refractivity contribution is 6.02. The zero-order valence-electron chi connectivity index (χ0n) is 15.6. The summed E-state index contributed by atoms with van der Waals surface area (Å²) in [7, 11) is 0. The van der Waals surface area contributed by atoms with E-state index in [1.807, 2.05) is 30.3 Å². The van der Waals surface area contributed by atoms with Crippen LogP contribution >= 0.6 is 0 Å². The number of urea groups is 1. The first-order chi connectivity index (χ1) is 13.2. The lowest BCUT2D eigenvalue weighted by molar-refractivity contribution is -0.155. The molecule has 0 radical (unpaired) electrons. The Morgan fingerprint density at radius 1 is 1.07 bits per heavy atom. The van der Waals surface area contributed by atoms with Gasteiger partial charge in [0.25, 0.3) is 0 Å². The number of ether oxygens (including phenoxy) is 1. The van der Waals surface area contributed by atoms with Crippen molar-refractivity contribution in [3.63, 3.8) is 0 Å². The highest BCUT2D eigenvalue weighted by Gasteiger charge is 2.30. The summed E-state index contributed by atoms with van der Waals surface area (Å²) >= 11 is 0. The van der Waals surface area contributed by atoms with E-state index >= 15 is 0 Å². The Bertz CT molecular complexity index is 864. The third-order valence-corrected chi connectivity index (χ3v) is 3.92. The minimum absolute atomic E-state index is 0.156. The fourth-order valence-corrected chi connectivity index (χ4v) is 2.34. The number of aliphatic hydroxyl groups is 1. The number of carboxylic acid groups (broad SMARTS) is 1. The summed E-state index contributed by atoms with van der Waals surface area (Å²) in [6.45, 7) is 2.40. The van der Waals surface area contributed by atoms with E-state index in [1.54, 1.807) is 25.1 Å². The Hall–Kier alpha value is -3.39. The van der Waals surface area contributed by atoms with Crippen LogP contribution < -0.4 is 10.6 Å². The number of amides is 2. The topological polar surface area (TPSA) is 125 Å². The first-order valence-electron chi connectivity index (χ1n) is 8.62. The van der Waals surface area contributed by atoms with Gasteiger partial charge in [-0.15, -0.1) is 0 Å². The van der Waals surface area contributed by atoms with Gasteiger partial charge in [-0.3, -0.25) is 0 Å². The molecule has 1 atom stereocenters. The van der Waals surface area contributed by atoms with E-state index in [9.17, 15) is 19.5 Å². The van der Waals surface area contributed by atoms with E-state index in [1.165, 1.54) is 0 Å². The molecule has 8 nitrogen and oxygen atoms in total. The van der Waals surface area contributed by atoms with Crippen LogP contribution in [0.4, 0.5) is 10.5 Å². The number of carbonyl (C=O) groups excluding carboxylic acids is 2. The number of rotatable bonds is 7. The number of esters is 1. The number of carboxylic acids is 1. The van der Waals surface area contributed by atoms with Crippen molar-refractivity contribution in [1.82, 2.24) is 5.32 Å². The minimum atomic E-state index is -2.11. The molecule has 1 unspecified atom stereocenters. The Labute approximate surface area is 162 Å². The lowest BCUT2D eigenvalue weighted by atomic mass is 10.0. The lowest BCUT2D eigenvalue weighted by Crippen LogP contribution is -2.47. The van der Waals surface area contributed by atoms with E-state index in [-0.39, 0.29) is 17.9 Å². The number of benzene rings is 2.